The van der Waals surface area contributed by atoms with E-state index in [1.54, 1.807) is 12.1 Å². The molecule has 4 nitrogen and oxygen atoms in total. The first-order valence-electron chi connectivity index (χ1n) is 9.83. The maximum atomic E-state index is 12.8. The predicted octanol–water partition coefficient (Wildman–Crippen LogP) is 5.77. The summed E-state index contributed by atoms with van der Waals surface area (Å²) in [4.78, 5) is 14.9. The van der Waals surface area contributed by atoms with E-state index < -0.39 is 0 Å². The van der Waals surface area contributed by atoms with Crippen molar-refractivity contribution in [1.29, 1.82) is 0 Å². The van der Waals surface area contributed by atoms with Gasteiger partial charge in [-0.05, 0) is 48.4 Å². The lowest BCUT2D eigenvalue weighted by molar-refractivity contribution is 0.0890. The largest absolute Gasteiger partial charge is 0.478 e. The average Bonchev–Trinajstić information content (AvgIpc) is 2.76. The van der Waals surface area contributed by atoms with Crippen LogP contribution in [0.2, 0.25) is 5.02 Å². The van der Waals surface area contributed by atoms with Gasteiger partial charge in [-0.1, -0.05) is 53.6 Å². The Morgan fingerprint density at radius 2 is 1.77 bits per heavy atom. The van der Waals surface area contributed by atoms with Crippen LogP contribution in [0, 0.1) is 6.92 Å². The number of nitrogens with zero attached hydrogens (tertiary/aromatic N) is 1. The van der Waals surface area contributed by atoms with Gasteiger partial charge in [0.05, 0.1) is 11.1 Å². The standard InChI is InChI=1S/C25H20ClNO3/c1-16-2-4-17(5-3-16)13-27-14-22-23(29-15-27)11-8-19-12-21(25(28)30-24(19)22)18-6-9-20(26)10-7-18/h2-12H,13-15H2,1H3. The van der Waals surface area contributed by atoms with Gasteiger partial charge in [0.1, 0.15) is 18.1 Å². The molecule has 4 aromatic rings. The minimum atomic E-state index is -0.367. The van der Waals surface area contributed by atoms with Crippen molar-refractivity contribution >= 4 is 22.6 Å². The molecule has 0 fully saturated rings. The van der Waals surface area contributed by atoms with Crippen LogP contribution in [0.25, 0.3) is 22.1 Å². The number of rotatable bonds is 3. The Kier molecular flexibility index (Phi) is 4.81. The van der Waals surface area contributed by atoms with Crippen molar-refractivity contribution in [3.8, 4) is 16.9 Å². The molecule has 0 N–H and O–H groups in total. The highest BCUT2D eigenvalue weighted by atomic mass is 35.5. The van der Waals surface area contributed by atoms with Gasteiger partial charge in [-0.15, -0.1) is 0 Å². The van der Waals surface area contributed by atoms with Gasteiger partial charge in [0, 0.05) is 23.5 Å². The zero-order valence-electron chi connectivity index (χ0n) is 16.5. The van der Waals surface area contributed by atoms with Gasteiger partial charge in [-0.25, -0.2) is 4.79 Å². The third-order valence-corrected chi connectivity index (χ3v) is 5.68. The van der Waals surface area contributed by atoms with Crippen molar-refractivity contribution < 1.29 is 9.15 Å². The fourth-order valence-corrected chi connectivity index (χ4v) is 3.95. The van der Waals surface area contributed by atoms with Gasteiger partial charge in [0.15, 0.2) is 0 Å². The lowest BCUT2D eigenvalue weighted by atomic mass is 10.0. The molecule has 0 aliphatic carbocycles. The number of ether oxygens (including phenoxy) is 1. The third kappa shape index (κ3) is 3.60. The van der Waals surface area contributed by atoms with E-state index in [2.05, 4.69) is 36.1 Å². The van der Waals surface area contributed by atoms with E-state index in [4.69, 9.17) is 20.8 Å². The minimum Gasteiger partial charge on any atom is -0.478 e. The second kappa shape index (κ2) is 7.63. The summed E-state index contributed by atoms with van der Waals surface area (Å²) >= 11 is 5.97. The molecule has 1 aromatic heterocycles. The van der Waals surface area contributed by atoms with E-state index in [9.17, 15) is 4.79 Å². The van der Waals surface area contributed by atoms with Crippen LogP contribution in [-0.4, -0.2) is 11.6 Å². The second-order valence-electron chi connectivity index (χ2n) is 7.66. The quantitative estimate of drug-likeness (QED) is 0.396. The molecule has 30 heavy (non-hydrogen) atoms. The van der Waals surface area contributed by atoms with Gasteiger partial charge in [-0.3, -0.25) is 4.90 Å². The molecule has 150 valence electrons. The maximum absolute atomic E-state index is 12.8. The minimum absolute atomic E-state index is 0.367. The molecule has 0 radical (unpaired) electrons. The zero-order chi connectivity index (χ0) is 20.7. The van der Waals surface area contributed by atoms with Crippen LogP contribution >= 0.6 is 11.6 Å². The van der Waals surface area contributed by atoms with Crippen LogP contribution in [0.5, 0.6) is 5.75 Å². The summed E-state index contributed by atoms with van der Waals surface area (Å²) < 4.78 is 11.8. The molecule has 1 aliphatic heterocycles. The molecule has 3 aromatic carbocycles. The van der Waals surface area contributed by atoms with Crippen LogP contribution in [0.1, 0.15) is 16.7 Å². The first kappa shape index (κ1) is 18.9. The van der Waals surface area contributed by atoms with E-state index in [0.717, 1.165) is 28.8 Å². The predicted molar refractivity (Wildman–Crippen MR) is 119 cm³/mol. The van der Waals surface area contributed by atoms with Crippen molar-refractivity contribution in [2.75, 3.05) is 6.73 Å². The number of hydrogen-bond donors (Lipinski definition) is 0. The molecule has 0 saturated heterocycles. The highest BCUT2D eigenvalue weighted by Crippen LogP contribution is 2.33. The number of aryl methyl sites for hydroxylation is 1. The van der Waals surface area contributed by atoms with Crippen molar-refractivity contribution in [3.63, 3.8) is 0 Å². The SMILES string of the molecule is Cc1ccc(CN2COc3ccc4cc(-c5ccc(Cl)cc5)c(=O)oc4c3C2)cc1. The Morgan fingerprint density at radius 1 is 1.00 bits per heavy atom. The Balaban J connectivity index is 1.50. The zero-order valence-corrected chi connectivity index (χ0v) is 17.3. The molecule has 0 spiro atoms. The molecule has 0 atom stereocenters. The number of benzene rings is 3. The average molecular weight is 418 g/mol. The van der Waals surface area contributed by atoms with E-state index in [-0.39, 0.29) is 5.63 Å². The Morgan fingerprint density at radius 3 is 2.53 bits per heavy atom. The van der Waals surface area contributed by atoms with Gasteiger partial charge >= 0.3 is 5.63 Å². The van der Waals surface area contributed by atoms with Crippen molar-refractivity contribution in [2.24, 2.45) is 0 Å². The Hall–Kier alpha value is -3.08. The Labute approximate surface area is 179 Å². The molecule has 0 bridgehead atoms. The van der Waals surface area contributed by atoms with Gasteiger partial charge < -0.3 is 9.15 Å². The van der Waals surface area contributed by atoms with Gasteiger partial charge in [0.2, 0.25) is 0 Å². The fourth-order valence-electron chi connectivity index (χ4n) is 3.82. The smallest absolute Gasteiger partial charge is 0.344 e. The number of fused-ring (bicyclic) bond motifs is 3. The molecular formula is C25H20ClNO3. The van der Waals surface area contributed by atoms with Crippen LogP contribution in [0.15, 0.2) is 75.9 Å². The summed E-state index contributed by atoms with van der Waals surface area (Å²) in [5.74, 6) is 0.769. The van der Waals surface area contributed by atoms with Crippen LogP contribution in [0.3, 0.4) is 0 Å². The van der Waals surface area contributed by atoms with Crippen LogP contribution in [-0.2, 0) is 13.1 Å². The summed E-state index contributed by atoms with van der Waals surface area (Å²) in [6.07, 6.45) is 0. The normalized spacial score (nSPS) is 13.8. The van der Waals surface area contributed by atoms with Gasteiger partial charge in [-0.2, -0.15) is 0 Å². The van der Waals surface area contributed by atoms with E-state index >= 15 is 0 Å². The topological polar surface area (TPSA) is 42.7 Å². The molecule has 1 aliphatic rings. The molecule has 0 saturated carbocycles. The van der Waals surface area contributed by atoms with Crippen molar-refractivity contribution in [1.82, 2.24) is 4.90 Å². The van der Waals surface area contributed by atoms with Crippen LogP contribution < -0.4 is 10.4 Å². The van der Waals surface area contributed by atoms with Gasteiger partial charge in [0.25, 0.3) is 0 Å². The molecular weight excluding hydrogens is 398 g/mol. The first-order valence-corrected chi connectivity index (χ1v) is 10.2. The lowest BCUT2D eigenvalue weighted by Crippen LogP contribution is -2.31. The lowest BCUT2D eigenvalue weighted by Gasteiger charge is -2.29. The molecule has 0 amide bonds. The number of halogens is 1. The van der Waals surface area contributed by atoms with Crippen molar-refractivity contribution in [2.45, 2.75) is 20.0 Å². The van der Waals surface area contributed by atoms with Crippen LogP contribution in [0.4, 0.5) is 0 Å². The highest BCUT2D eigenvalue weighted by molar-refractivity contribution is 6.30. The van der Waals surface area contributed by atoms with E-state index in [0.29, 0.717) is 29.4 Å². The Bertz CT molecular complexity index is 1280. The molecule has 5 rings (SSSR count). The monoisotopic (exact) mass is 417 g/mol. The van der Waals surface area contributed by atoms with E-state index in [1.807, 2.05) is 30.3 Å². The summed E-state index contributed by atoms with van der Waals surface area (Å²) in [7, 11) is 0. The molecule has 5 heteroatoms. The first-order chi connectivity index (χ1) is 14.6. The third-order valence-electron chi connectivity index (χ3n) is 5.43. The molecule has 2 heterocycles. The highest BCUT2D eigenvalue weighted by Gasteiger charge is 2.22. The second-order valence-corrected chi connectivity index (χ2v) is 8.10. The molecule has 0 unspecified atom stereocenters. The van der Waals surface area contributed by atoms with Crippen molar-refractivity contribution in [3.05, 3.63) is 98.9 Å². The summed E-state index contributed by atoms with van der Waals surface area (Å²) in [6.45, 7) is 4.00. The summed E-state index contributed by atoms with van der Waals surface area (Å²) in [5, 5.41) is 1.50. The summed E-state index contributed by atoms with van der Waals surface area (Å²) in [6, 6.07) is 21.4. The summed E-state index contributed by atoms with van der Waals surface area (Å²) in [5.41, 5.74) is 4.89. The number of hydrogen-bond acceptors (Lipinski definition) is 4. The maximum Gasteiger partial charge on any atom is 0.344 e. The van der Waals surface area contributed by atoms with E-state index in [1.165, 1.54) is 11.1 Å². The fraction of sp³-hybridized carbons (Fsp3) is 0.160.